The molecule has 3 aromatic rings. The summed E-state index contributed by atoms with van der Waals surface area (Å²) >= 11 is 6.24. The zero-order chi connectivity index (χ0) is 22.8. The number of ketones is 1. The topological polar surface area (TPSA) is 76.1 Å². The Bertz CT molecular complexity index is 1230. The van der Waals surface area contributed by atoms with Crippen LogP contribution in [0.25, 0.3) is 16.5 Å². The largest absolute Gasteiger partial charge is 0.507 e. The number of methoxy groups -OCH3 is 2. The molecule has 164 valence electrons. The third-order valence-electron chi connectivity index (χ3n) is 5.62. The van der Waals surface area contributed by atoms with Crippen molar-refractivity contribution >= 4 is 39.8 Å². The molecule has 0 radical (unpaired) electrons. The van der Waals surface area contributed by atoms with Gasteiger partial charge in [0.2, 0.25) is 0 Å². The van der Waals surface area contributed by atoms with Crippen LogP contribution in [0, 0.1) is 0 Å². The lowest BCUT2D eigenvalue weighted by atomic mass is 9.91. The molecule has 1 amide bonds. The second-order valence-electron chi connectivity index (χ2n) is 7.40. The molecule has 32 heavy (non-hydrogen) atoms. The molecule has 1 atom stereocenters. The van der Waals surface area contributed by atoms with Gasteiger partial charge in [-0.1, -0.05) is 54.1 Å². The van der Waals surface area contributed by atoms with Crippen molar-refractivity contribution in [3.05, 3.63) is 82.4 Å². The molecule has 1 heterocycles. The van der Waals surface area contributed by atoms with E-state index in [1.165, 1.54) is 25.2 Å². The SMILES string of the molecule is COCCN1C(=O)C(=O)/C(=C(\O)c2ccc(OC)c(Cl)c2)C1c1cccc2ccccc12. The van der Waals surface area contributed by atoms with Gasteiger partial charge >= 0.3 is 0 Å². The van der Waals surface area contributed by atoms with E-state index in [9.17, 15) is 14.7 Å². The number of hydrogen-bond donors (Lipinski definition) is 1. The lowest BCUT2D eigenvalue weighted by Gasteiger charge is -2.26. The Balaban J connectivity index is 1.94. The van der Waals surface area contributed by atoms with E-state index in [-0.39, 0.29) is 29.5 Å². The minimum Gasteiger partial charge on any atom is -0.507 e. The van der Waals surface area contributed by atoms with Gasteiger partial charge in [-0.3, -0.25) is 9.59 Å². The first-order chi connectivity index (χ1) is 15.5. The fourth-order valence-electron chi connectivity index (χ4n) is 4.08. The number of hydrogen-bond acceptors (Lipinski definition) is 5. The average Bonchev–Trinajstić information content (AvgIpc) is 3.06. The molecular formula is C25H22ClNO5. The maximum absolute atomic E-state index is 13.1. The molecule has 6 nitrogen and oxygen atoms in total. The number of benzene rings is 3. The Morgan fingerprint density at radius 2 is 1.81 bits per heavy atom. The first kappa shape index (κ1) is 21.9. The van der Waals surface area contributed by atoms with Gasteiger partial charge in [-0.25, -0.2) is 0 Å². The summed E-state index contributed by atoms with van der Waals surface area (Å²) in [5.41, 5.74) is 1.09. The van der Waals surface area contributed by atoms with Gasteiger partial charge in [0.1, 0.15) is 11.5 Å². The third-order valence-corrected chi connectivity index (χ3v) is 5.91. The average molecular weight is 452 g/mol. The number of likely N-dealkylation sites (tertiary alicyclic amines) is 1. The third kappa shape index (κ3) is 3.72. The number of amides is 1. The van der Waals surface area contributed by atoms with Crippen LogP contribution in [0.2, 0.25) is 5.02 Å². The first-order valence-corrected chi connectivity index (χ1v) is 10.4. The standard InChI is InChI=1S/C25H22ClNO5/c1-31-13-12-27-22(18-9-5-7-15-6-3-4-8-17(15)18)21(24(29)25(27)30)23(28)16-10-11-20(32-2)19(26)14-16/h3-11,14,22,28H,12-13H2,1-2H3/b23-21-. The van der Waals surface area contributed by atoms with Gasteiger partial charge in [0, 0.05) is 19.2 Å². The molecule has 7 heteroatoms. The van der Waals surface area contributed by atoms with E-state index in [4.69, 9.17) is 21.1 Å². The van der Waals surface area contributed by atoms with E-state index < -0.39 is 17.7 Å². The number of ether oxygens (including phenoxy) is 2. The Morgan fingerprint density at radius 1 is 1.06 bits per heavy atom. The molecule has 1 unspecified atom stereocenters. The number of rotatable bonds is 6. The van der Waals surface area contributed by atoms with Crippen molar-refractivity contribution in [2.75, 3.05) is 27.4 Å². The molecule has 0 aromatic heterocycles. The molecule has 0 bridgehead atoms. The number of Topliss-reactive ketones (excluding diaryl/α,β-unsaturated/α-hetero) is 1. The van der Waals surface area contributed by atoms with Crippen molar-refractivity contribution in [3.63, 3.8) is 0 Å². The van der Waals surface area contributed by atoms with Crippen LogP contribution in [0.3, 0.4) is 0 Å². The van der Waals surface area contributed by atoms with Crippen LogP contribution in [0.4, 0.5) is 0 Å². The first-order valence-electron chi connectivity index (χ1n) is 10.1. The van der Waals surface area contributed by atoms with E-state index in [0.717, 1.165) is 16.3 Å². The number of carbonyl (C=O) groups is 2. The van der Waals surface area contributed by atoms with Crippen molar-refractivity contribution in [2.24, 2.45) is 0 Å². The molecule has 1 N–H and O–H groups in total. The van der Waals surface area contributed by atoms with Gasteiger partial charge in [-0.15, -0.1) is 0 Å². The van der Waals surface area contributed by atoms with E-state index in [2.05, 4.69) is 0 Å². The molecule has 1 aliphatic heterocycles. The summed E-state index contributed by atoms with van der Waals surface area (Å²) in [6.45, 7) is 0.456. The molecule has 0 aliphatic carbocycles. The predicted molar refractivity (Wildman–Crippen MR) is 123 cm³/mol. The van der Waals surface area contributed by atoms with Crippen molar-refractivity contribution in [1.29, 1.82) is 0 Å². The summed E-state index contributed by atoms with van der Waals surface area (Å²) in [4.78, 5) is 27.5. The quantitative estimate of drug-likeness (QED) is 0.337. The van der Waals surface area contributed by atoms with Gasteiger partial charge < -0.3 is 19.5 Å². The molecule has 0 saturated carbocycles. The maximum atomic E-state index is 13.1. The van der Waals surface area contributed by atoms with Crippen molar-refractivity contribution in [3.8, 4) is 5.75 Å². The predicted octanol–water partition coefficient (Wildman–Crippen LogP) is 4.57. The normalized spacial score (nSPS) is 17.8. The smallest absolute Gasteiger partial charge is 0.295 e. The zero-order valence-corrected chi connectivity index (χ0v) is 18.4. The zero-order valence-electron chi connectivity index (χ0n) is 17.7. The molecule has 3 aromatic carbocycles. The fourth-order valence-corrected chi connectivity index (χ4v) is 4.34. The summed E-state index contributed by atoms with van der Waals surface area (Å²) in [5, 5.41) is 13.3. The molecule has 1 saturated heterocycles. The minimum atomic E-state index is -0.767. The highest BCUT2D eigenvalue weighted by Gasteiger charge is 2.46. The number of aliphatic hydroxyl groups is 1. The highest BCUT2D eigenvalue weighted by atomic mass is 35.5. The second kappa shape index (κ2) is 9.02. The van der Waals surface area contributed by atoms with Crippen LogP contribution in [0.15, 0.2) is 66.2 Å². The van der Waals surface area contributed by atoms with E-state index >= 15 is 0 Å². The number of aliphatic hydroxyl groups excluding tert-OH is 1. The highest BCUT2D eigenvalue weighted by molar-refractivity contribution is 6.46. The van der Waals surface area contributed by atoms with Gasteiger partial charge in [-0.2, -0.15) is 0 Å². The molecule has 1 fully saturated rings. The van der Waals surface area contributed by atoms with E-state index in [1.807, 2.05) is 42.5 Å². The summed E-state index contributed by atoms with van der Waals surface area (Å²) < 4.78 is 10.3. The minimum absolute atomic E-state index is 0.0173. The van der Waals surface area contributed by atoms with Crippen LogP contribution in [-0.2, 0) is 14.3 Å². The van der Waals surface area contributed by atoms with Crippen LogP contribution in [0.5, 0.6) is 5.75 Å². The van der Waals surface area contributed by atoms with Crippen molar-refractivity contribution in [2.45, 2.75) is 6.04 Å². The maximum Gasteiger partial charge on any atom is 0.295 e. The monoisotopic (exact) mass is 451 g/mol. The number of nitrogens with zero attached hydrogens (tertiary/aromatic N) is 1. The van der Waals surface area contributed by atoms with Crippen LogP contribution < -0.4 is 4.74 Å². The van der Waals surface area contributed by atoms with Crippen molar-refractivity contribution in [1.82, 2.24) is 4.90 Å². The number of carbonyl (C=O) groups excluding carboxylic acids is 2. The van der Waals surface area contributed by atoms with E-state index in [1.54, 1.807) is 12.1 Å². The second-order valence-corrected chi connectivity index (χ2v) is 7.81. The Kier molecular flexibility index (Phi) is 6.17. The molecule has 4 rings (SSSR count). The van der Waals surface area contributed by atoms with Crippen LogP contribution in [-0.4, -0.2) is 49.1 Å². The molecule has 0 spiro atoms. The fraction of sp³-hybridized carbons (Fsp3) is 0.200. The number of halogens is 1. The lowest BCUT2D eigenvalue weighted by Crippen LogP contribution is -2.32. The van der Waals surface area contributed by atoms with Crippen LogP contribution in [0.1, 0.15) is 17.2 Å². The summed E-state index contributed by atoms with van der Waals surface area (Å²) in [6, 6.07) is 17.4. The molecular weight excluding hydrogens is 430 g/mol. The Hall–Kier alpha value is -3.35. The van der Waals surface area contributed by atoms with Crippen molar-refractivity contribution < 1.29 is 24.2 Å². The summed E-state index contributed by atoms with van der Waals surface area (Å²) in [6.07, 6.45) is 0. The van der Waals surface area contributed by atoms with Gasteiger partial charge in [0.25, 0.3) is 11.7 Å². The highest BCUT2D eigenvalue weighted by Crippen LogP contribution is 2.42. The Morgan fingerprint density at radius 3 is 2.53 bits per heavy atom. The Labute approximate surface area is 190 Å². The molecule has 1 aliphatic rings. The van der Waals surface area contributed by atoms with Gasteiger partial charge in [-0.05, 0) is 34.5 Å². The van der Waals surface area contributed by atoms with Gasteiger partial charge in [0.05, 0.1) is 30.4 Å². The summed E-state index contributed by atoms with van der Waals surface area (Å²) in [5.74, 6) is -1.27. The number of fused-ring (bicyclic) bond motifs is 1. The lowest BCUT2D eigenvalue weighted by molar-refractivity contribution is -0.140. The van der Waals surface area contributed by atoms with E-state index in [0.29, 0.717) is 11.3 Å². The summed E-state index contributed by atoms with van der Waals surface area (Å²) in [7, 11) is 3.02. The van der Waals surface area contributed by atoms with Crippen LogP contribution >= 0.6 is 11.6 Å². The van der Waals surface area contributed by atoms with Gasteiger partial charge in [0.15, 0.2) is 0 Å².